The molecule has 1 rings (SSSR count). The summed E-state index contributed by atoms with van der Waals surface area (Å²) >= 11 is 5.52. The Morgan fingerprint density at radius 1 is 1.55 bits per heavy atom. The maximum Gasteiger partial charge on any atom is 0.189 e. The molecule has 11 heavy (non-hydrogen) atoms. The highest BCUT2D eigenvalue weighted by Gasteiger charge is 2.08. The van der Waals surface area contributed by atoms with Gasteiger partial charge < -0.3 is 10.5 Å². The van der Waals surface area contributed by atoms with Crippen molar-refractivity contribution in [1.29, 1.82) is 0 Å². The minimum atomic E-state index is -0.611. The quantitative estimate of drug-likeness (QED) is 0.664. The third-order valence-electron chi connectivity index (χ3n) is 1.31. The van der Waals surface area contributed by atoms with E-state index in [4.69, 9.17) is 17.3 Å². The number of nitrogen functional groups attached to an aromatic ring is 1. The topological polar surface area (TPSA) is 35.2 Å². The second-order valence-corrected chi connectivity index (χ2v) is 2.38. The van der Waals surface area contributed by atoms with Gasteiger partial charge in [0.25, 0.3) is 0 Å². The van der Waals surface area contributed by atoms with Crippen molar-refractivity contribution in [3.8, 4) is 5.75 Å². The number of hydrogen-bond acceptors (Lipinski definition) is 2. The molecule has 2 N–H and O–H groups in total. The summed E-state index contributed by atoms with van der Waals surface area (Å²) in [7, 11) is 1.37. The fraction of sp³-hybridized carbons (Fsp3) is 0.143. The first-order valence-corrected chi connectivity index (χ1v) is 3.32. The van der Waals surface area contributed by atoms with Crippen LogP contribution in [0.4, 0.5) is 10.1 Å². The van der Waals surface area contributed by atoms with E-state index in [1.54, 1.807) is 0 Å². The summed E-state index contributed by atoms with van der Waals surface area (Å²) in [6, 6.07) is 2.91. The van der Waals surface area contributed by atoms with Crippen molar-refractivity contribution < 1.29 is 9.13 Å². The van der Waals surface area contributed by atoms with Crippen LogP contribution in [0, 0.1) is 5.82 Å². The smallest absolute Gasteiger partial charge is 0.189 e. The molecule has 0 aromatic heterocycles. The summed E-state index contributed by atoms with van der Waals surface area (Å²) in [6.07, 6.45) is 0. The van der Waals surface area contributed by atoms with Crippen LogP contribution in [-0.2, 0) is 0 Å². The molecule has 0 unspecified atom stereocenters. The van der Waals surface area contributed by atoms with Gasteiger partial charge in [0.2, 0.25) is 0 Å². The highest BCUT2D eigenvalue weighted by atomic mass is 35.5. The summed E-state index contributed by atoms with van der Waals surface area (Å²) in [4.78, 5) is 0. The SMILES string of the molecule is COc1ccc(Cl)c(N)c1F. The average Bonchev–Trinajstić information content (AvgIpc) is 2.01. The Bertz CT molecular complexity index is 277. The van der Waals surface area contributed by atoms with Gasteiger partial charge in [0.15, 0.2) is 11.6 Å². The van der Waals surface area contributed by atoms with Crippen molar-refractivity contribution in [2.24, 2.45) is 0 Å². The summed E-state index contributed by atoms with van der Waals surface area (Å²) in [5.74, 6) is -0.507. The van der Waals surface area contributed by atoms with Crippen LogP contribution in [0.3, 0.4) is 0 Å². The molecule has 0 aliphatic rings. The Labute approximate surface area is 68.7 Å². The van der Waals surface area contributed by atoms with Gasteiger partial charge >= 0.3 is 0 Å². The molecular weight excluding hydrogens is 169 g/mol. The molecule has 60 valence electrons. The molecule has 0 heterocycles. The number of anilines is 1. The molecule has 0 spiro atoms. The lowest BCUT2D eigenvalue weighted by Crippen LogP contribution is -1.95. The van der Waals surface area contributed by atoms with Gasteiger partial charge in [0.1, 0.15) is 0 Å². The van der Waals surface area contributed by atoms with E-state index in [0.717, 1.165) is 0 Å². The van der Waals surface area contributed by atoms with Gasteiger partial charge in [-0.1, -0.05) is 11.6 Å². The van der Waals surface area contributed by atoms with Crippen LogP contribution in [-0.4, -0.2) is 7.11 Å². The number of methoxy groups -OCH3 is 1. The number of hydrogen-bond donors (Lipinski definition) is 1. The van der Waals surface area contributed by atoms with Crippen molar-refractivity contribution >= 4 is 17.3 Å². The highest BCUT2D eigenvalue weighted by molar-refractivity contribution is 6.33. The number of nitrogens with two attached hydrogens (primary N) is 1. The van der Waals surface area contributed by atoms with E-state index < -0.39 is 5.82 Å². The molecule has 0 amide bonds. The number of ether oxygens (including phenoxy) is 1. The van der Waals surface area contributed by atoms with Gasteiger partial charge in [-0.3, -0.25) is 0 Å². The standard InChI is InChI=1S/C7H7ClFNO/c1-11-5-3-2-4(8)7(10)6(5)9/h2-3H,10H2,1H3. The predicted molar refractivity (Wildman–Crippen MR) is 42.4 cm³/mol. The summed E-state index contributed by atoms with van der Waals surface area (Å²) in [5.41, 5.74) is 5.19. The molecule has 0 atom stereocenters. The zero-order chi connectivity index (χ0) is 8.43. The second-order valence-electron chi connectivity index (χ2n) is 1.98. The normalized spacial score (nSPS) is 9.73. The molecule has 0 radical (unpaired) electrons. The van der Waals surface area contributed by atoms with E-state index in [1.165, 1.54) is 19.2 Å². The van der Waals surface area contributed by atoms with Gasteiger partial charge in [-0.15, -0.1) is 0 Å². The van der Waals surface area contributed by atoms with Gasteiger partial charge in [0, 0.05) is 0 Å². The van der Waals surface area contributed by atoms with Crippen LogP contribution in [0.2, 0.25) is 5.02 Å². The third-order valence-corrected chi connectivity index (χ3v) is 1.64. The van der Waals surface area contributed by atoms with Crippen molar-refractivity contribution in [3.63, 3.8) is 0 Å². The molecule has 0 fully saturated rings. The lowest BCUT2D eigenvalue weighted by molar-refractivity contribution is 0.387. The van der Waals surface area contributed by atoms with Crippen LogP contribution in [0.25, 0.3) is 0 Å². The fourth-order valence-electron chi connectivity index (χ4n) is 0.707. The van der Waals surface area contributed by atoms with E-state index >= 15 is 0 Å². The minimum Gasteiger partial charge on any atom is -0.494 e. The predicted octanol–water partition coefficient (Wildman–Crippen LogP) is 2.07. The van der Waals surface area contributed by atoms with E-state index in [9.17, 15) is 4.39 Å². The zero-order valence-corrected chi connectivity index (χ0v) is 6.65. The molecule has 2 nitrogen and oxygen atoms in total. The lowest BCUT2D eigenvalue weighted by atomic mass is 10.3. The monoisotopic (exact) mass is 175 g/mol. The molecule has 0 bridgehead atoms. The van der Waals surface area contributed by atoms with Crippen molar-refractivity contribution in [2.45, 2.75) is 0 Å². The van der Waals surface area contributed by atoms with Gasteiger partial charge in [-0.05, 0) is 12.1 Å². The largest absolute Gasteiger partial charge is 0.494 e. The molecule has 0 saturated carbocycles. The van der Waals surface area contributed by atoms with E-state index in [2.05, 4.69) is 4.74 Å². The van der Waals surface area contributed by atoms with Crippen LogP contribution >= 0.6 is 11.6 Å². The first-order chi connectivity index (χ1) is 5.16. The summed E-state index contributed by atoms with van der Waals surface area (Å²) in [5, 5.41) is 0.198. The van der Waals surface area contributed by atoms with E-state index in [-0.39, 0.29) is 16.5 Å². The number of rotatable bonds is 1. The average molecular weight is 176 g/mol. The number of halogens is 2. The third kappa shape index (κ3) is 1.38. The molecule has 1 aromatic carbocycles. The number of benzene rings is 1. The van der Waals surface area contributed by atoms with Crippen LogP contribution in [0.1, 0.15) is 0 Å². The van der Waals surface area contributed by atoms with Crippen LogP contribution in [0.15, 0.2) is 12.1 Å². The first-order valence-electron chi connectivity index (χ1n) is 2.94. The zero-order valence-electron chi connectivity index (χ0n) is 5.90. The van der Waals surface area contributed by atoms with Gasteiger partial charge in [0.05, 0.1) is 17.8 Å². The van der Waals surface area contributed by atoms with Crippen LogP contribution < -0.4 is 10.5 Å². The van der Waals surface area contributed by atoms with Crippen LogP contribution in [0.5, 0.6) is 5.75 Å². The summed E-state index contributed by atoms with van der Waals surface area (Å²) in [6.45, 7) is 0. The van der Waals surface area contributed by atoms with Gasteiger partial charge in [-0.2, -0.15) is 0 Å². The maximum atomic E-state index is 12.9. The maximum absolute atomic E-state index is 12.9. The van der Waals surface area contributed by atoms with E-state index in [1.807, 2.05) is 0 Å². The molecular formula is C7H7ClFNO. The Morgan fingerprint density at radius 3 is 2.73 bits per heavy atom. The van der Waals surface area contributed by atoms with Gasteiger partial charge in [-0.25, -0.2) is 4.39 Å². The molecule has 4 heteroatoms. The minimum absolute atomic E-state index is 0.0778. The Balaban J connectivity index is 3.25. The Morgan fingerprint density at radius 2 is 2.18 bits per heavy atom. The molecule has 0 aliphatic heterocycles. The Hall–Kier alpha value is -0.960. The second kappa shape index (κ2) is 2.96. The molecule has 1 aromatic rings. The van der Waals surface area contributed by atoms with Crippen molar-refractivity contribution in [2.75, 3.05) is 12.8 Å². The van der Waals surface area contributed by atoms with E-state index in [0.29, 0.717) is 0 Å². The Kier molecular flexibility index (Phi) is 2.19. The molecule has 0 saturated heterocycles. The van der Waals surface area contributed by atoms with Crippen molar-refractivity contribution in [1.82, 2.24) is 0 Å². The molecule has 0 aliphatic carbocycles. The summed E-state index contributed by atoms with van der Waals surface area (Å²) < 4.78 is 17.6. The lowest BCUT2D eigenvalue weighted by Gasteiger charge is -2.04. The van der Waals surface area contributed by atoms with Crippen molar-refractivity contribution in [3.05, 3.63) is 23.0 Å². The fourth-order valence-corrected chi connectivity index (χ4v) is 0.853. The highest BCUT2D eigenvalue weighted by Crippen LogP contribution is 2.28. The first kappa shape index (κ1) is 8.14.